The minimum absolute atomic E-state index is 0.113. The summed E-state index contributed by atoms with van der Waals surface area (Å²) in [7, 11) is 0. The number of nitrogen functional groups attached to an aromatic ring is 1. The molecular formula is C19H23N5O. The lowest BCUT2D eigenvalue weighted by atomic mass is 10.00. The first-order valence-electron chi connectivity index (χ1n) is 8.76. The lowest BCUT2D eigenvalue weighted by molar-refractivity contribution is 0.278. The highest BCUT2D eigenvalue weighted by atomic mass is 16.3. The molecule has 3 heterocycles. The van der Waals surface area contributed by atoms with Crippen molar-refractivity contribution in [1.82, 2.24) is 14.5 Å². The predicted octanol–water partition coefficient (Wildman–Crippen LogP) is 2.07. The molecule has 1 aromatic carbocycles. The van der Waals surface area contributed by atoms with Gasteiger partial charge in [0, 0.05) is 25.8 Å². The van der Waals surface area contributed by atoms with Gasteiger partial charge in [-0.15, -0.1) is 0 Å². The van der Waals surface area contributed by atoms with Crippen LogP contribution in [0.4, 0.5) is 11.8 Å². The standard InChI is InChI=1S/C19H23N5O/c20-18-6-5-14(12-21-18)11-15-7-8-23(13-15)19-22-16-3-1-2-4-17(16)24(19)9-10-25/h1-6,12,15,25H,7-11,13H2,(H2,20,21). The number of imidazole rings is 1. The van der Waals surface area contributed by atoms with Gasteiger partial charge in [-0.25, -0.2) is 9.97 Å². The van der Waals surface area contributed by atoms with Crippen LogP contribution in [0.25, 0.3) is 11.0 Å². The van der Waals surface area contributed by atoms with E-state index in [1.165, 1.54) is 5.56 Å². The number of pyridine rings is 1. The molecule has 3 N–H and O–H groups in total. The molecule has 1 atom stereocenters. The lowest BCUT2D eigenvalue weighted by Crippen LogP contribution is -2.24. The van der Waals surface area contributed by atoms with E-state index in [4.69, 9.17) is 10.7 Å². The van der Waals surface area contributed by atoms with Crippen LogP contribution in [0.1, 0.15) is 12.0 Å². The maximum Gasteiger partial charge on any atom is 0.206 e. The molecule has 0 aliphatic carbocycles. The number of rotatable bonds is 5. The van der Waals surface area contributed by atoms with Gasteiger partial charge in [0.05, 0.1) is 17.6 Å². The van der Waals surface area contributed by atoms with Crippen molar-refractivity contribution in [3.8, 4) is 0 Å². The van der Waals surface area contributed by atoms with E-state index in [1.807, 2.05) is 30.5 Å². The van der Waals surface area contributed by atoms with E-state index in [0.717, 1.165) is 42.9 Å². The van der Waals surface area contributed by atoms with E-state index in [0.29, 0.717) is 18.3 Å². The van der Waals surface area contributed by atoms with Crippen LogP contribution in [0.2, 0.25) is 0 Å². The van der Waals surface area contributed by atoms with Crippen molar-refractivity contribution >= 4 is 22.8 Å². The zero-order valence-corrected chi connectivity index (χ0v) is 14.2. The van der Waals surface area contributed by atoms with Gasteiger partial charge in [-0.1, -0.05) is 18.2 Å². The average molecular weight is 337 g/mol. The number of benzene rings is 1. The Balaban J connectivity index is 1.54. The second-order valence-electron chi connectivity index (χ2n) is 6.67. The largest absolute Gasteiger partial charge is 0.395 e. The van der Waals surface area contributed by atoms with Gasteiger partial charge in [-0.3, -0.25) is 0 Å². The molecule has 0 bridgehead atoms. The predicted molar refractivity (Wildman–Crippen MR) is 99.5 cm³/mol. The Morgan fingerprint density at radius 3 is 2.88 bits per heavy atom. The second-order valence-corrected chi connectivity index (χ2v) is 6.67. The number of hydrogen-bond donors (Lipinski definition) is 2. The quantitative estimate of drug-likeness (QED) is 0.745. The molecule has 6 nitrogen and oxygen atoms in total. The zero-order chi connectivity index (χ0) is 17.2. The van der Waals surface area contributed by atoms with Crippen LogP contribution in [0.15, 0.2) is 42.6 Å². The smallest absolute Gasteiger partial charge is 0.206 e. The zero-order valence-electron chi connectivity index (χ0n) is 14.2. The molecule has 0 saturated carbocycles. The van der Waals surface area contributed by atoms with E-state index in [9.17, 15) is 5.11 Å². The molecule has 1 unspecified atom stereocenters. The Morgan fingerprint density at radius 1 is 1.20 bits per heavy atom. The Labute approximate surface area is 146 Å². The van der Waals surface area contributed by atoms with Crippen molar-refractivity contribution in [2.45, 2.75) is 19.4 Å². The van der Waals surface area contributed by atoms with E-state index in [-0.39, 0.29) is 6.61 Å². The molecule has 1 aliphatic heterocycles. The molecule has 1 aliphatic rings. The molecule has 2 aromatic heterocycles. The van der Waals surface area contributed by atoms with Crippen molar-refractivity contribution in [3.63, 3.8) is 0 Å². The van der Waals surface area contributed by atoms with Crippen LogP contribution < -0.4 is 10.6 Å². The molecule has 6 heteroatoms. The van der Waals surface area contributed by atoms with Gasteiger partial charge < -0.3 is 20.3 Å². The SMILES string of the molecule is Nc1ccc(CC2CCN(c3nc4ccccc4n3CCO)C2)cn1. The average Bonchev–Trinajstić information content (AvgIpc) is 3.22. The highest BCUT2D eigenvalue weighted by Crippen LogP contribution is 2.28. The fourth-order valence-corrected chi connectivity index (χ4v) is 3.70. The molecule has 1 fully saturated rings. The van der Waals surface area contributed by atoms with Gasteiger partial charge in [-0.05, 0) is 42.5 Å². The van der Waals surface area contributed by atoms with Crippen LogP contribution in [-0.4, -0.2) is 39.3 Å². The Kier molecular flexibility index (Phi) is 4.28. The van der Waals surface area contributed by atoms with Gasteiger partial charge in [0.2, 0.25) is 5.95 Å². The highest BCUT2D eigenvalue weighted by Gasteiger charge is 2.26. The third-order valence-electron chi connectivity index (χ3n) is 4.90. The summed E-state index contributed by atoms with van der Waals surface area (Å²) >= 11 is 0. The van der Waals surface area contributed by atoms with Crippen molar-refractivity contribution in [2.24, 2.45) is 5.92 Å². The van der Waals surface area contributed by atoms with Crippen LogP contribution in [0, 0.1) is 5.92 Å². The maximum atomic E-state index is 9.45. The molecule has 0 radical (unpaired) electrons. The van der Waals surface area contributed by atoms with Crippen molar-refractivity contribution in [2.75, 3.05) is 30.3 Å². The van der Waals surface area contributed by atoms with Crippen molar-refractivity contribution in [1.29, 1.82) is 0 Å². The number of aliphatic hydroxyl groups excluding tert-OH is 1. The van der Waals surface area contributed by atoms with E-state index in [1.54, 1.807) is 0 Å². The highest BCUT2D eigenvalue weighted by molar-refractivity contribution is 5.78. The van der Waals surface area contributed by atoms with Gasteiger partial charge >= 0.3 is 0 Å². The Bertz CT molecular complexity index is 858. The molecule has 0 amide bonds. The van der Waals surface area contributed by atoms with Crippen molar-refractivity contribution in [3.05, 3.63) is 48.2 Å². The summed E-state index contributed by atoms with van der Waals surface area (Å²) in [4.78, 5) is 11.3. The first-order chi connectivity index (χ1) is 12.2. The fourth-order valence-electron chi connectivity index (χ4n) is 3.70. The topological polar surface area (TPSA) is 80.2 Å². The molecule has 4 rings (SSSR count). The molecular weight excluding hydrogens is 314 g/mol. The molecule has 1 saturated heterocycles. The number of nitrogens with zero attached hydrogens (tertiary/aromatic N) is 4. The van der Waals surface area contributed by atoms with Crippen LogP contribution in [0.3, 0.4) is 0 Å². The number of para-hydroxylation sites is 2. The third-order valence-corrected chi connectivity index (χ3v) is 4.90. The number of anilines is 2. The van der Waals surface area contributed by atoms with E-state index >= 15 is 0 Å². The van der Waals surface area contributed by atoms with Crippen LogP contribution >= 0.6 is 0 Å². The summed E-state index contributed by atoms with van der Waals surface area (Å²) in [5.41, 5.74) is 8.96. The minimum Gasteiger partial charge on any atom is -0.395 e. The van der Waals surface area contributed by atoms with Gasteiger partial charge in [0.1, 0.15) is 5.82 Å². The number of nitrogens with two attached hydrogens (primary N) is 1. The van der Waals surface area contributed by atoms with E-state index < -0.39 is 0 Å². The van der Waals surface area contributed by atoms with Crippen LogP contribution in [0.5, 0.6) is 0 Å². The minimum atomic E-state index is 0.113. The normalized spacial score (nSPS) is 17.5. The number of hydrogen-bond acceptors (Lipinski definition) is 5. The summed E-state index contributed by atoms with van der Waals surface area (Å²) in [6, 6.07) is 12.0. The summed E-state index contributed by atoms with van der Waals surface area (Å²) < 4.78 is 2.13. The third kappa shape index (κ3) is 3.17. The number of aromatic nitrogens is 3. The number of fused-ring (bicyclic) bond motifs is 1. The molecule has 130 valence electrons. The van der Waals surface area contributed by atoms with Crippen molar-refractivity contribution < 1.29 is 5.11 Å². The van der Waals surface area contributed by atoms with Gasteiger partial charge in [0.15, 0.2) is 0 Å². The first kappa shape index (κ1) is 15.9. The van der Waals surface area contributed by atoms with E-state index in [2.05, 4.69) is 26.6 Å². The van der Waals surface area contributed by atoms with Gasteiger partial charge in [-0.2, -0.15) is 0 Å². The fraction of sp³-hybridized carbons (Fsp3) is 0.368. The maximum absolute atomic E-state index is 9.45. The number of aliphatic hydroxyl groups is 1. The second kappa shape index (κ2) is 6.72. The van der Waals surface area contributed by atoms with Crippen LogP contribution in [-0.2, 0) is 13.0 Å². The Hall–Kier alpha value is -2.60. The summed E-state index contributed by atoms with van der Waals surface area (Å²) in [5, 5.41) is 9.45. The first-order valence-corrected chi connectivity index (χ1v) is 8.76. The monoisotopic (exact) mass is 337 g/mol. The molecule has 25 heavy (non-hydrogen) atoms. The Morgan fingerprint density at radius 2 is 2.08 bits per heavy atom. The summed E-state index contributed by atoms with van der Waals surface area (Å²) in [6.45, 7) is 2.64. The lowest BCUT2D eigenvalue weighted by Gasteiger charge is -2.19. The summed E-state index contributed by atoms with van der Waals surface area (Å²) in [5.74, 6) is 2.11. The molecule has 3 aromatic rings. The van der Waals surface area contributed by atoms with Gasteiger partial charge in [0.25, 0.3) is 0 Å². The summed E-state index contributed by atoms with van der Waals surface area (Å²) in [6.07, 6.45) is 4.01. The molecule has 0 spiro atoms.